The van der Waals surface area contributed by atoms with Crippen LogP contribution in [-0.2, 0) is 14.8 Å². The van der Waals surface area contributed by atoms with E-state index in [0.29, 0.717) is 10.8 Å². The molecule has 0 amide bonds. The average Bonchev–Trinajstić information content (AvgIpc) is 2.84. The molecule has 0 radical (unpaired) electrons. The summed E-state index contributed by atoms with van der Waals surface area (Å²) in [5.74, 6) is 0.268. The molecular weight excluding hydrogens is 338 g/mol. The van der Waals surface area contributed by atoms with E-state index >= 15 is 0 Å². The molecule has 2 unspecified atom stereocenters. The number of nitrogens with one attached hydrogen (secondary N) is 1. The van der Waals surface area contributed by atoms with E-state index in [0.717, 1.165) is 22.4 Å². The fourth-order valence-corrected chi connectivity index (χ4v) is 5.26. The lowest BCUT2D eigenvalue weighted by Gasteiger charge is -2.14. The first kappa shape index (κ1) is 14.5. The van der Waals surface area contributed by atoms with Gasteiger partial charge in [-0.3, -0.25) is 0 Å². The monoisotopic (exact) mass is 353 g/mol. The van der Waals surface area contributed by atoms with Crippen LogP contribution in [0.1, 0.15) is 18.9 Å². The molecule has 4 nitrogen and oxygen atoms in total. The highest BCUT2D eigenvalue weighted by Crippen LogP contribution is 2.30. The average molecular weight is 354 g/mol. The molecular formula is C11H16BrNO3S2. The second-order valence-electron chi connectivity index (χ2n) is 4.50. The highest BCUT2D eigenvalue weighted by Gasteiger charge is 2.26. The first-order valence-electron chi connectivity index (χ1n) is 5.77. The largest absolute Gasteiger partial charge is 0.378 e. The molecule has 1 N–H and O–H groups in total. The van der Waals surface area contributed by atoms with Crippen LogP contribution in [0.3, 0.4) is 0 Å². The van der Waals surface area contributed by atoms with Crippen LogP contribution in [0.15, 0.2) is 14.1 Å². The zero-order chi connectivity index (χ0) is 13.3. The Morgan fingerprint density at radius 2 is 2.33 bits per heavy atom. The van der Waals surface area contributed by atoms with Crippen molar-refractivity contribution in [1.82, 2.24) is 4.72 Å². The minimum absolute atomic E-state index is 0.129. The summed E-state index contributed by atoms with van der Waals surface area (Å²) >= 11 is 4.58. The number of aryl methyl sites for hydroxylation is 1. The number of rotatable bonds is 4. The van der Waals surface area contributed by atoms with Crippen molar-refractivity contribution in [2.75, 3.05) is 13.2 Å². The van der Waals surface area contributed by atoms with Gasteiger partial charge in [0.25, 0.3) is 0 Å². The molecule has 102 valence electrons. The van der Waals surface area contributed by atoms with Gasteiger partial charge in [-0.05, 0) is 47.8 Å². The third kappa shape index (κ3) is 3.14. The van der Waals surface area contributed by atoms with E-state index < -0.39 is 10.0 Å². The van der Waals surface area contributed by atoms with Crippen LogP contribution >= 0.6 is 27.3 Å². The summed E-state index contributed by atoms with van der Waals surface area (Å²) < 4.78 is 33.5. The molecule has 2 heterocycles. The highest BCUT2D eigenvalue weighted by atomic mass is 79.9. The predicted octanol–water partition coefficient (Wildman–Crippen LogP) is 2.52. The Labute approximate surface area is 120 Å². The molecule has 0 saturated carbocycles. The van der Waals surface area contributed by atoms with Crippen molar-refractivity contribution in [3.63, 3.8) is 0 Å². The summed E-state index contributed by atoms with van der Waals surface area (Å²) in [4.78, 5) is 0. The summed E-state index contributed by atoms with van der Waals surface area (Å²) in [6, 6.07) is 1.69. The molecule has 7 heteroatoms. The number of hydrogen-bond donors (Lipinski definition) is 1. The second-order valence-corrected chi connectivity index (χ2v) is 8.86. The van der Waals surface area contributed by atoms with Gasteiger partial charge in [-0.1, -0.05) is 0 Å². The molecule has 0 spiro atoms. The molecule has 1 aromatic rings. The van der Waals surface area contributed by atoms with Crippen molar-refractivity contribution in [3.05, 3.63) is 15.4 Å². The Bertz CT molecular complexity index is 507. The number of halogens is 1. The Morgan fingerprint density at radius 3 is 2.83 bits per heavy atom. The van der Waals surface area contributed by atoms with Crippen molar-refractivity contribution < 1.29 is 13.2 Å². The number of thiophene rings is 1. The van der Waals surface area contributed by atoms with Crippen molar-refractivity contribution in [3.8, 4) is 0 Å². The SMILES string of the molecule is Cc1cc(S(=O)(=O)NCC2CCOC2C)sc1Br. The molecule has 1 saturated heterocycles. The van der Waals surface area contributed by atoms with Gasteiger partial charge in [-0.25, -0.2) is 13.1 Å². The van der Waals surface area contributed by atoms with Crippen LogP contribution in [0.4, 0.5) is 0 Å². The standard InChI is InChI=1S/C11H16BrNO3S2/c1-7-5-10(17-11(7)12)18(14,15)13-6-9-3-4-16-8(9)2/h5,8-9,13H,3-4,6H2,1-2H3. The van der Waals surface area contributed by atoms with Gasteiger partial charge in [-0.15, -0.1) is 11.3 Å². The van der Waals surface area contributed by atoms with Crippen LogP contribution in [0.25, 0.3) is 0 Å². The van der Waals surface area contributed by atoms with Crippen molar-refractivity contribution >= 4 is 37.3 Å². The topological polar surface area (TPSA) is 55.4 Å². The van der Waals surface area contributed by atoms with Gasteiger partial charge < -0.3 is 4.74 Å². The van der Waals surface area contributed by atoms with Crippen molar-refractivity contribution in [1.29, 1.82) is 0 Å². The number of ether oxygens (including phenoxy) is 1. The van der Waals surface area contributed by atoms with E-state index in [9.17, 15) is 8.42 Å². The van der Waals surface area contributed by atoms with Crippen LogP contribution in [-0.4, -0.2) is 27.7 Å². The third-order valence-corrected chi connectivity index (χ3v) is 7.20. The van der Waals surface area contributed by atoms with Gasteiger partial charge in [0.1, 0.15) is 4.21 Å². The Balaban J connectivity index is 2.03. The van der Waals surface area contributed by atoms with Gasteiger partial charge >= 0.3 is 0 Å². The molecule has 1 aliphatic heterocycles. The molecule has 2 rings (SSSR count). The molecule has 0 bridgehead atoms. The lowest BCUT2D eigenvalue weighted by Crippen LogP contribution is -2.31. The van der Waals surface area contributed by atoms with Gasteiger partial charge in [-0.2, -0.15) is 0 Å². The van der Waals surface area contributed by atoms with Crippen molar-refractivity contribution in [2.45, 2.75) is 30.6 Å². The van der Waals surface area contributed by atoms with Gasteiger partial charge in [0, 0.05) is 19.1 Å². The molecule has 0 aromatic carbocycles. The molecule has 1 aromatic heterocycles. The molecule has 1 fully saturated rings. The Hall–Kier alpha value is 0.0500. The lowest BCUT2D eigenvalue weighted by atomic mass is 10.0. The predicted molar refractivity (Wildman–Crippen MR) is 75.5 cm³/mol. The lowest BCUT2D eigenvalue weighted by molar-refractivity contribution is 0.107. The minimum atomic E-state index is -3.39. The molecule has 0 aliphatic carbocycles. The normalized spacial score (nSPS) is 24.6. The van der Waals surface area contributed by atoms with E-state index in [1.165, 1.54) is 11.3 Å². The Kier molecular flexibility index (Phi) is 4.48. The third-order valence-electron chi connectivity index (χ3n) is 3.17. The zero-order valence-electron chi connectivity index (χ0n) is 10.3. The van der Waals surface area contributed by atoms with E-state index in [1.807, 2.05) is 13.8 Å². The fourth-order valence-electron chi connectivity index (χ4n) is 1.90. The van der Waals surface area contributed by atoms with Gasteiger partial charge in [0.15, 0.2) is 0 Å². The minimum Gasteiger partial charge on any atom is -0.378 e. The first-order valence-corrected chi connectivity index (χ1v) is 8.86. The summed E-state index contributed by atoms with van der Waals surface area (Å²) in [7, 11) is -3.39. The van der Waals surface area contributed by atoms with Crippen LogP contribution in [0.2, 0.25) is 0 Å². The van der Waals surface area contributed by atoms with Crippen molar-refractivity contribution in [2.24, 2.45) is 5.92 Å². The van der Waals surface area contributed by atoms with Gasteiger partial charge in [0.2, 0.25) is 10.0 Å². The summed E-state index contributed by atoms with van der Waals surface area (Å²) in [6.45, 7) is 5.03. The fraction of sp³-hybridized carbons (Fsp3) is 0.636. The maximum Gasteiger partial charge on any atom is 0.250 e. The van der Waals surface area contributed by atoms with E-state index in [1.54, 1.807) is 6.07 Å². The molecule has 18 heavy (non-hydrogen) atoms. The number of hydrogen-bond acceptors (Lipinski definition) is 4. The number of sulfonamides is 1. The van der Waals surface area contributed by atoms with Crippen LogP contribution < -0.4 is 4.72 Å². The van der Waals surface area contributed by atoms with Gasteiger partial charge in [0.05, 0.1) is 9.89 Å². The van der Waals surface area contributed by atoms with E-state index in [2.05, 4.69) is 20.7 Å². The van der Waals surface area contributed by atoms with Crippen LogP contribution in [0, 0.1) is 12.8 Å². The summed E-state index contributed by atoms with van der Waals surface area (Å²) in [5.41, 5.74) is 0.943. The van der Waals surface area contributed by atoms with E-state index in [-0.39, 0.29) is 12.0 Å². The quantitative estimate of drug-likeness (QED) is 0.904. The second kappa shape index (κ2) is 5.58. The Morgan fingerprint density at radius 1 is 1.61 bits per heavy atom. The zero-order valence-corrected chi connectivity index (χ0v) is 13.5. The van der Waals surface area contributed by atoms with E-state index in [4.69, 9.17) is 4.74 Å². The van der Waals surface area contributed by atoms with Crippen LogP contribution in [0.5, 0.6) is 0 Å². The summed E-state index contributed by atoms with van der Waals surface area (Å²) in [6.07, 6.45) is 1.04. The maximum absolute atomic E-state index is 12.1. The maximum atomic E-state index is 12.1. The molecule has 2 atom stereocenters. The smallest absolute Gasteiger partial charge is 0.250 e. The highest BCUT2D eigenvalue weighted by molar-refractivity contribution is 9.11. The summed E-state index contributed by atoms with van der Waals surface area (Å²) in [5, 5.41) is 0. The molecule has 1 aliphatic rings. The first-order chi connectivity index (χ1) is 8.40.